The highest BCUT2D eigenvalue weighted by atomic mass is 16.7. The molecule has 0 aromatic carbocycles. The zero-order valence-corrected chi connectivity index (χ0v) is 26.7. The van der Waals surface area contributed by atoms with Gasteiger partial charge in [-0.25, -0.2) is 4.79 Å². The molecule has 0 radical (unpaired) electrons. The first-order chi connectivity index (χ1) is 18.9. The van der Waals surface area contributed by atoms with E-state index in [0.717, 1.165) is 48.3 Å². The summed E-state index contributed by atoms with van der Waals surface area (Å²) in [6.45, 7) is 16.9. The van der Waals surface area contributed by atoms with Crippen LogP contribution in [0.1, 0.15) is 132 Å². The molecule has 1 aliphatic heterocycles. The Kier molecular flexibility index (Phi) is 8.88. The molecule has 4 heteroatoms. The number of carbonyl (C=O) groups excluding carboxylic acids is 1. The van der Waals surface area contributed by atoms with Gasteiger partial charge in [-0.15, -0.1) is 0 Å². The minimum Gasteiger partial charge on any atom is -0.457 e. The fourth-order valence-corrected chi connectivity index (χ4v) is 10.2. The van der Waals surface area contributed by atoms with E-state index in [4.69, 9.17) is 14.2 Å². The third-order valence-electron chi connectivity index (χ3n) is 12.2. The summed E-state index contributed by atoms with van der Waals surface area (Å²) < 4.78 is 17.4. The van der Waals surface area contributed by atoms with Gasteiger partial charge in [-0.3, -0.25) is 0 Å². The van der Waals surface area contributed by atoms with E-state index in [0.29, 0.717) is 35.7 Å². The molecule has 226 valence electrons. The van der Waals surface area contributed by atoms with Crippen LogP contribution < -0.4 is 0 Å². The van der Waals surface area contributed by atoms with Crippen molar-refractivity contribution in [1.29, 1.82) is 0 Å². The Bertz CT molecular complexity index is 977. The Labute approximate surface area is 245 Å². The second-order valence-corrected chi connectivity index (χ2v) is 15.7. The normalized spacial score (nSPS) is 39.3. The van der Waals surface area contributed by atoms with E-state index in [2.05, 4.69) is 40.7 Å². The van der Waals surface area contributed by atoms with Crippen LogP contribution >= 0.6 is 0 Å². The highest BCUT2D eigenvalue weighted by Gasteiger charge is 2.59. The van der Waals surface area contributed by atoms with Gasteiger partial charge in [0.25, 0.3) is 0 Å². The molecule has 0 unspecified atom stereocenters. The van der Waals surface area contributed by atoms with Crippen LogP contribution in [0.3, 0.4) is 0 Å². The number of esters is 1. The summed E-state index contributed by atoms with van der Waals surface area (Å²) in [7, 11) is 0. The van der Waals surface area contributed by atoms with Crippen molar-refractivity contribution in [3.05, 3.63) is 23.5 Å². The molecule has 40 heavy (non-hydrogen) atoms. The molecule has 0 aromatic heterocycles. The van der Waals surface area contributed by atoms with Crippen molar-refractivity contribution in [3.8, 4) is 0 Å². The summed E-state index contributed by atoms with van der Waals surface area (Å²) in [5.74, 6) is 4.84. The molecule has 5 aliphatic rings. The van der Waals surface area contributed by atoms with Gasteiger partial charge >= 0.3 is 5.97 Å². The zero-order chi connectivity index (χ0) is 28.7. The Morgan fingerprint density at radius 1 is 0.950 bits per heavy atom. The first-order valence-electron chi connectivity index (χ1n) is 16.8. The monoisotopic (exact) mass is 554 g/mol. The third-order valence-corrected chi connectivity index (χ3v) is 12.2. The number of ether oxygens (including phenoxy) is 3. The van der Waals surface area contributed by atoms with Crippen LogP contribution in [0.25, 0.3) is 0 Å². The number of cyclic esters (lactones) is 1. The van der Waals surface area contributed by atoms with Crippen LogP contribution in [-0.2, 0) is 19.0 Å². The Morgan fingerprint density at radius 3 is 2.50 bits per heavy atom. The fraction of sp³-hybridized carbons (Fsp3) is 0.861. The molecule has 3 fully saturated rings. The molecule has 0 bridgehead atoms. The van der Waals surface area contributed by atoms with E-state index in [1.54, 1.807) is 19.4 Å². The van der Waals surface area contributed by atoms with Crippen molar-refractivity contribution >= 4 is 5.97 Å². The molecular weight excluding hydrogens is 496 g/mol. The first kappa shape index (κ1) is 30.2. The Balaban J connectivity index is 1.15. The van der Waals surface area contributed by atoms with Crippen LogP contribution in [-0.4, -0.2) is 24.5 Å². The lowest BCUT2D eigenvalue weighted by molar-refractivity contribution is -0.206. The minimum atomic E-state index is -0.872. The van der Waals surface area contributed by atoms with Gasteiger partial charge in [0.1, 0.15) is 5.76 Å². The Hall–Kier alpha value is -1.29. The fourth-order valence-electron chi connectivity index (χ4n) is 10.2. The van der Waals surface area contributed by atoms with Gasteiger partial charge < -0.3 is 14.2 Å². The van der Waals surface area contributed by atoms with Crippen LogP contribution in [0.2, 0.25) is 0 Å². The second kappa shape index (κ2) is 11.8. The molecule has 0 amide bonds. The SMILES string of the molecule is CC(C)CCC[C@@H](C)[C@H]1CC[C@H]2[C@@H]3CC=C4C[C@@H](OCCCC5=CC(=O)OC(C)(C)O5)CC[C@]4(C)[C@H]3CC[C@]12C. The summed E-state index contributed by atoms with van der Waals surface area (Å²) >= 11 is 0. The zero-order valence-electron chi connectivity index (χ0n) is 26.7. The molecule has 5 rings (SSSR count). The summed E-state index contributed by atoms with van der Waals surface area (Å²) in [5, 5.41) is 0. The number of rotatable bonds is 10. The molecular formula is C36H58O4. The minimum absolute atomic E-state index is 0.312. The molecule has 0 N–H and O–H groups in total. The van der Waals surface area contributed by atoms with Gasteiger partial charge in [-0.2, -0.15) is 0 Å². The molecule has 4 aliphatic carbocycles. The summed E-state index contributed by atoms with van der Waals surface area (Å²) in [5.41, 5.74) is 2.63. The van der Waals surface area contributed by atoms with Crippen molar-refractivity contribution in [2.75, 3.05) is 6.61 Å². The maximum absolute atomic E-state index is 11.8. The second-order valence-electron chi connectivity index (χ2n) is 15.7. The number of allylic oxidation sites excluding steroid dienone is 2. The van der Waals surface area contributed by atoms with Crippen molar-refractivity contribution in [2.24, 2.45) is 46.3 Å². The Morgan fingerprint density at radius 2 is 1.75 bits per heavy atom. The summed E-state index contributed by atoms with van der Waals surface area (Å²) in [6.07, 6.45) is 21.0. The summed E-state index contributed by atoms with van der Waals surface area (Å²) in [6, 6.07) is 0. The quantitative estimate of drug-likeness (QED) is 0.153. The van der Waals surface area contributed by atoms with Crippen LogP contribution in [0, 0.1) is 46.3 Å². The lowest BCUT2D eigenvalue weighted by Crippen LogP contribution is -2.51. The highest BCUT2D eigenvalue weighted by Crippen LogP contribution is 2.67. The maximum Gasteiger partial charge on any atom is 0.337 e. The first-order valence-corrected chi connectivity index (χ1v) is 16.8. The molecule has 8 atom stereocenters. The number of fused-ring (bicyclic) bond motifs is 5. The van der Waals surface area contributed by atoms with Crippen molar-refractivity contribution in [2.45, 2.75) is 144 Å². The lowest BCUT2D eigenvalue weighted by Gasteiger charge is -2.58. The smallest absolute Gasteiger partial charge is 0.337 e. The van der Waals surface area contributed by atoms with Crippen LogP contribution in [0.15, 0.2) is 23.5 Å². The summed E-state index contributed by atoms with van der Waals surface area (Å²) in [4.78, 5) is 11.8. The predicted octanol–water partition coefficient (Wildman–Crippen LogP) is 9.39. The maximum atomic E-state index is 11.8. The van der Waals surface area contributed by atoms with Crippen LogP contribution in [0.5, 0.6) is 0 Å². The molecule has 0 saturated heterocycles. The average molecular weight is 555 g/mol. The highest BCUT2D eigenvalue weighted by molar-refractivity contribution is 5.83. The lowest BCUT2D eigenvalue weighted by atomic mass is 9.47. The number of hydrogen-bond acceptors (Lipinski definition) is 4. The molecule has 0 spiro atoms. The van der Waals surface area contributed by atoms with Gasteiger partial charge in [0.2, 0.25) is 5.79 Å². The van der Waals surface area contributed by atoms with Gasteiger partial charge in [-0.05, 0) is 104 Å². The van der Waals surface area contributed by atoms with Crippen molar-refractivity contribution in [1.82, 2.24) is 0 Å². The van der Waals surface area contributed by atoms with Crippen molar-refractivity contribution < 1.29 is 19.0 Å². The molecule has 4 nitrogen and oxygen atoms in total. The van der Waals surface area contributed by atoms with Gasteiger partial charge in [0.15, 0.2) is 0 Å². The third kappa shape index (κ3) is 6.09. The van der Waals surface area contributed by atoms with Gasteiger partial charge in [0, 0.05) is 26.9 Å². The molecule has 0 aromatic rings. The standard InChI is InChI=1S/C36H58O4/c1-24(2)10-8-11-25(3)30-15-16-31-29-14-13-26-22-27(17-19-35(26,6)32(29)18-20-36(30,31)7)38-21-9-12-28-23-33(37)40-34(4,5)39-28/h13,23-25,27,29-32H,8-12,14-22H2,1-7H3/t25-,27+,29+,30-,31+,32+,35+,36-/m1/s1. The van der Waals surface area contributed by atoms with E-state index in [1.165, 1.54) is 70.3 Å². The van der Waals surface area contributed by atoms with E-state index in [1.807, 2.05) is 0 Å². The van der Waals surface area contributed by atoms with E-state index < -0.39 is 5.79 Å². The molecule has 1 heterocycles. The van der Waals surface area contributed by atoms with Crippen molar-refractivity contribution in [3.63, 3.8) is 0 Å². The van der Waals surface area contributed by atoms with E-state index >= 15 is 0 Å². The van der Waals surface area contributed by atoms with E-state index in [-0.39, 0.29) is 5.97 Å². The topological polar surface area (TPSA) is 44.8 Å². The van der Waals surface area contributed by atoms with Crippen LogP contribution in [0.4, 0.5) is 0 Å². The van der Waals surface area contributed by atoms with Gasteiger partial charge in [0.05, 0.1) is 12.2 Å². The molecule has 3 saturated carbocycles. The largest absolute Gasteiger partial charge is 0.457 e. The average Bonchev–Trinajstić information content (AvgIpc) is 3.22. The van der Waals surface area contributed by atoms with E-state index in [9.17, 15) is 4.79 Å². The van der Waals surface area contributed by atoms with Gasteiger partial charge in [-0.1, -0.05) is 65.5 Å². The number of hydrogen-bond donors (Lipinski definition) is 0. The number of carbonyl (C=O) groups is 1. The predicted molar refractivity (Wildman–Crippen MR) is 161 cm³/mol.